The lowest BCUT2D eigenvalue weighted by atomic mass is 9.98. The van der Waals surface area contributed by atoms with Crippen molar-refractivity contribution in [2.24, 2.45) is 0 Å². The molecule has 0 fully saturated rings. The van der Waals surface area contributed by atoms with Crippen LogP contribution in [-0.2, 0) is 0 Å². The summed E-state index contributed by atoms with van der Waals surface area (Å²) >= 11 is 0. The lowest BCUT2D eigenvalue weighted by Crippen LogP contribution is -2.35. The summed E-state index contributed by atoms with van der Waals surface area (Å²) in [5.41, 5.74) is -1.11. The van der Waals surface area contributed by atoms with Gasteiger partial charge in [-0.25, -0.2) is 4.98 Å². The highest BCUT2D eigenvalue weighted by Gasteiger charge is 2.24. The maximum atomic E-state index is 11.0. The molecule has 0 unspecified atom stereocenters. The third kappa shape index (κ3) is 4.02. The molecule has 0 aliphatic rings. The van der Waals surface area contributed by atoms with Gasteiger partial charge in [-0.2, -0.15) is 4.98 Å². The second-order valence-corrected chi connectivity index (χ2v) is 4.50. The Hall–Kier alpha value is -1.96. The van der Waals surface area contributed by atoms with Crippen LogP contribution < -0.4 is 10.6 Å². The largest absolute Gasteiger partial charge is 0.388 e. The Morgan fingerprint density at radius 2 is 2.00 bits per heavy atom. The number of aromatic nitrogens is 2. The average Bonchev–Trinajstić information content (AvgIpc) is 2.45. The average molecular weight is 283 g/mol. The molecule has 0 bridgehead atoms. The molecule has 0 aromatic carbocycles. The molecule has 1 aromatic heterocycles. The third-order valence-electron chi connectivity index (χ3n) is 3.20. The smallest absolute Gasteiger partial charge is 0.329 e. The second kappa shape index (κ2) is 6.99. The van der Waals surface area contributed by atoms with Crippen LogP contribution >= 0.6 is 0 Å². The molecule has 0 spiro atoms. The lowest BCUT2D eigenvalue weighted by Gasteiger charge is -2.25. The summed E-state index contributed by atoms with van der Waals surface area (Å²) in [7, 11) is 0. The van der Waals surface area contributed by atoms with Crippen LogP contribution in [0.5, 0.6) is 0 Å². The van der Waals surface area contributed by atoms with Crippen molar-refractivity contribution in [2.45, 2.75) is 39.2 Å². The van der Waals surface area contributed by atoms with E-state index in [-0.39, 0.29) is 18.1 Å². The number of hydrogen-bond acceptors (Lipinski definition) is 7. The molecular formula is C12H21N5O3. The van der Waals surface area contributed by atoms with Crippen molar-refractivity contribution in [1.82, 2.24) is 9.97 Å². The molecule has 1 heterocycles. The van der Waals surface area contributed by atoms with Gasteiger partial charge in [0.1, 0.15) is 6.20 Å². The number of aliphatic hydroxyl groups is 1. The first-order chi connectivity index (χ1) is 9.45. The highest BCUT2D eigenvalue weighted by Crippen LogP contribution is 2.24. The van der Waals surface area contributed by atoms with Crippen LogP contribution in [-0.4, -0.2) is 38.7 Å². The molecule has 1 rings (SSSR count). The van der Waals surface area contributed by atoms with Crippen LogP contribution in [0.1, 0.15) is 33.6 Å². The Kier molecular flexibility index (Phi) is 5.63. The Labute approximate surface area is 117 Å². The van der Waals surface area contributed by atoms with Gasteiger partial charge in [-0.1, -0.05) is 13.8 Å². The SMILES string of the molecule is CCNc1ncc([N+](=O)[O-])c(NCC(O)(CC)CC)n1. The predicted octanol–water partition coefficient (Wildman–Crippen LogP) is 1.78. The molecule has 0 aliphatic heterocycles. The minimum absolute atomic E-state index is 0.112. The van der Waals surface area contributed by atoms with Crippen molar-refractivity contribution in [3.63, 3.8) is 0 Å². The third-order valence-corrected chi connectivity index (χ3v) is 3.20. The van der Waals surface area contributed by atoms with Gasteiger partial charge in [-0.15, -0.1) is 0 Å². The summed E-state index contributed by atoms with van der Waals surface area (Å²) in [6, 6.07) is 0. The zero-order valence-electron chi connectivity index (χ0n) is 12.0. The van der Waals surface area contributed by atoms with Gasteiger partial charge < -0.3 is 15.7 Å². The van der Waals surface area contributed by atoms with E-state index in [2.05, 4.69) is 20.6 Å². The molecule has 0 radical (unpaired) electrons. The van der Waals surface area contributed by atoms with E-state index in [0.717, 1.165) is 6.20 Å². The molecule has 0 amide bonds. The molecule has 8 nitrogen and oxygen atoms in total. The van der Waals surface area contributed by atoms with E-state index < -0.39 is 10.5 Å². The maximum absolute atomic E-state index is 11.0. The first-order valence-electron chi connectivity index (χ1n) is 6.67. The Morgan fingerprint density at radius 1 is 1.35 bits per heavy atom. The number of nitrogens with one attached hydrogen (secondary N) is 2. The van der Waals surface area contributed by atoms with Gasteiger partial charge in [-0.05, 0) is 19.8 Å². The highest BCUT2D eigenvalue weighted by atomic mass is 16.6. The van der Waals surface area contributed by atoms with E-state index in [1.165, 1.54) is 0 Å². The summed E-state index contributed by atoms with van der Waals surface area (Å²) in [5.74, 6) is 0.429. The summed E-state index contributed by atoms with van der Waals surface area (Å²) < 4.78 is 0. The monoisotopic (exact) mass is 283 g/mol. The molecular weight excluding hydrogens is 262 g/mol. The van der Waals surface area contributed by atoms with Crippen LogP contribution in [0.3, 0.4) is 0 Å². The highest BCUT2D eigenvalue weighted by molar-refractivity contribution is 5.57. The zero-order chi connectivity index (χ0) is 15.2. The first-order valence-corrected chi connectivity index (χ1v) is 6.67. The Bertz CT molecular complexity index is 462. The molecule has 0 aliphatic carbocycles. The van der Waals surface area contributed by atoms with Crippen molar-refractivity contribution in [3.8, 4) is 0 Å². The quantitative estimate of drug-likeness (QED) is 0.492. The summed E-state index contributed by atoms with van der Waals surface area (Å²) in [4.78, 5) is 18.3. The lowest BCUT2D eigenvalue weighted by molar-refractivity contribution is -0.384. The Morgan fingerprint density at radius 3 is 2.50 bits per heavy atom. The van der Waals surface area contributed by atoms with Crippen molar-refractivity contribution in [2.75, 3.05) is 23.7 Å². The van der Waals surface area contributed by atoms with Gasteiger partial charge in [0.25, 0.3) is 0 Å². The maximum Gasteiger partial charge on any atom is 0.329 e. The van der Waals surface area contributed by atoms with Crippen LogP contribution in [0, 0.1) is 10.1 Å². The van der Waals surface area contributed by atoms with E-state index in [1.54, 1.807) is 0 Å². The minimum atomic E-state index is -0.906. The minimum Gasteiger partial charge on any atom is -0.388 e. The fourth-order valence-electron chi connectivity index (χ4n) is 1.63. The number of rotatable bonds is 8. The van der Waals surface area contributed by atoms with Gasteiger partial charge in [0.2, 0.25) is 11.8 Å². The first kappa shape index (κ1) is 16.1. The van der Waals surface area contributed by atoms with Crippen LogP contribution in [0.15, 0.2) is 6.20 Å². The van der Waals surface area contributed by atoms with Gasteiger partial charge in [0.05, 0.1) is 10.5 Å². The van der Waals surface area contributed by atoms with E-state index in [0.29, 0.717) is 25.3 Å². The number of nitrogens with zero attached hydrogens (tertiary/aromatic N) is 3. The summed E-state index contributed by atoms with van der Waals surface area (Å²) in [6.07, 6.45) is 2.26. The van der Waals surface area contributed by atoms with Crippen molar-refractivity contribution < 1.29 is 10.0 Å². The van der Waals surface area contributed by atoms with Gasteiger partial charge >= 0.3 is 5.69 Å². The fraction of sp³-hybridized carbons (Fsp3) is 0.667. The molecule has 112 valence electrons. The molecule has 0 saturated carbocycles. The summed E-state index contributed by atoms with van der Waals surface area (Å²) in [5, 5.41) is 26.9. The van der Waals surface area contributed by atoms with Crippen LogP contribution in [0.4, 0.5) is 17.5 Å². The van der Waals surface area contributed by atoms with E-state index >= 15 is 0 Å². The molecule has 1 aromatic rings. The van der Waals surface area contributed by atoms with Gasteiger partial charge in [-0.3, -0.25) is 10.1 Å². The molecule has 8 heteroatoms. The van der Waals surface area contributed by atoms with E-state index in [9.17, 15) is 15.2 Å². The van der Waals surface area contributed by atoms with Gasteiger partial charge in [0.15, 0.2) is 0 Å². The second-order valence-electron chi connectivity index (χ2n) is 4.50. The van der Waals surface area contributed by atoms with Crippen molar-refractivity contribution in [3.05, 3.63) is 16.3 Å². The molecule has 20 heavy (non-hydrogen) atoms. The number of hydrogen-bond donors (Lipinski definition) is 3. The van der Waals surface area contributed by atoms with Crippen LogP contribution in [0.25, 0.3) is 0 Å². The predicted molar refractivity (Wildman–Crippen MR) is 76.9 cm³/mol. The molecule has 0 atom stereocenters. The fourth-order valence-corrected chi connectivity index (χ4v) is 1.63. The van der Waals surface area contributed by atoms with Crippen LogP contribution in [0.2, 0.25) is 0 Å². The van der Waals surface area contributed by atoms with Gasteiger partial charge in [0, 0.05) is 13.1 Å². The van der Waals surface area contributed by atoms with E-state index in [1.807, 2.05) is 20.8 Å². The normalized spacial score (nSPS) is 11.2. The van der Waals surface area contributed by atoms with E-state index in [4.69, 9.17) is 0 Å². The zero-order valence-corrected chi connectivity index (χ0v) is 12.0. The summed E-state index contributed by atoms with van der Waals surface area (Å²) in [6.45, 7) is 6.42. The number of anilines is 2. The van der Waals surface area contributed by atoms with Crippen molar-refractivity contribution >= 4 is 17.5 Å². The number of nitro groups is 1. The standard InChI is InChI=1S/C12H21N5O3/c1-4-12(18,5-2)8-15-10-9(17(19)20)7-14-11(16-10)13-6-3/h7,18H,4-6,8H2,1-3H3,(H2,13,14,15,16). The Balaban J connectivity index is 2.95. The molecule has 3 N–H and O–H groups in total. The topological polar surface area (TPSA) is 113 Å². The van der Waals surface area contributed by atoms with Crippen molar-refractivity contribution in [1.29, 1.82) is 0 Å². The molecule has 0 saturated heterocycles.